The number of nitrogens with zero attached hydrogens (tertiary/aromatic N) is 2. The topological polar surface area (TPSA) is 39.1 Å². The summed E-state index contributed by atoms with van der Waals surface area (Å²) in [5.74, 6) is 1.10. The zero-order valence-electron chi connectivity index (χ0n) is 10.4. The second kappa shape index (κ2) is 4.87. The molecule has 0 amide bonds. The normalized spacial score (nSPS) is 16.2. The first-order valence-corrected chi connectivity index (χ1v) is 6.10. The van der Waals surface area contributed by atoms with Crippen LogP contribution in [-0.4, -0.2) is 22.4 Å². The maximum Gasteiger partial charge on any atom is 0.129 e. The van der Waals surface area contributed by atoms with E-state index in [1.165, 1.54) is 24.8 Å². The lowest BCUT2D eigenvalue weighted by atomic mass is 9.96. The summed E-state index contributed by atoms with van der Waals surface area (Å²) < 4.78 is 7.75. The third-order valence-electron chi connectivity index (χ3n) is 3.21. The lowest BCUT2D eigenvalue weighted by molar-refractivity contribution is -0.00863. The van der Waals surface area contributed by atoms with Gasteiger partial charge in [0, 0.05) is 19.2 Å². The zero-order valence-corrected chi connectivity index (χ0v) is 10.4. The van der Waals surface area contributed by atoms with Gasteiger partial charge in [0.2, 0.25) is 0 Å². The maximum absolute atomic E-state index is 5.85. The average molecular weight is 223 g/mol. The Bertz CT molecular complexity index is 355. The maximum atomic E-state index is 5.85. The van der Waals surface area contributed by atoms with Crippen LogP contribution in [0, 0.1) is 6.92 Å². The smallest absolute Gasteiger partial charge is 0.129 e. The molecule has 1 aliphatic rings. The number of hydrogen-bond acceptors (Lipinski definition) is 3. The van der Waals surface area contributed by atoms with Crippen molar-refractivity contribution in [1.82, 2.24) is 9.78 Å². The van der Waals surface area contributed by atoms with E-state index in [4.69, 9.17) is 4.74 Å². The fourth-order valence-electron chi connectivity index (χ4n) is 2.00. The third kappa shape index (κ3) is 2.21. The predicted octanol–water partition coefficient (Wildman–Crippen LogP) is 2.23. The molecule has 0 aliphatic heterocycles. The highest BCUT2D eigenvalue weighted by Crippen LogP contribution is 2.26. The van der Waals surface area contributed by atoms with Gasteiger partial charge in [-0.25, -0.2) is 0 Å². The molecule has 1 aliphatic carbocycles. The lowest BCUT2D eigenvalue weighted by Gasteiger charge is -2.25. The molecule has 0 saturated heterocycles. The van der Waals surface area contributed by atoms with E-state index >= 15 is 0 Å². The number of aryl methyl sites for hydroxylation is 2. The van der Waals surface area contributed by atoms with Crippen LogP contribution < -0.4 is 5.32 Å². The summed E-state index contributed by atoms with van der Waals surface area (Å²) in [7, 11) is 1.97. The van der Waals surface area contributed by atoms with Gasteiger partial charge in [-0.15, -0.1) is 0 Å². The molecule has 0 atom stereocenters. The van der Waals surface area contributed by atoms with Gasteiger partial charge >= 0.3 is 0 Å². The molecule has 1 aromatic rings. The molecule has 2 rings (SSSR count). The molecule has 16 heavy (non-hydrogen) atoms. The Morgan fingerprint density at radius 2 is 2.25 bits per heavy atom. The summed E-state index contributed by atoms with van der Waals surface area (Å²) in [4.78, 5) is 0. The standard InChI is InChI=1S/C12H21N3O/c1-4-13-12-11(9(2)14-15(12)3)8-16-10-6-5-7-10/h10,13H,4-8H2,1-3H3. The van der Waals surface area contributed by atoms with Crippen molar-refractivity contribution >= 4 is 5.82 Å². The van der Waals surface area contributed by atoms with E-state index in [-0.39, 0.29) is 0 Å². The number of anilines is 1. The molecule has 90 valence electrons. The largest absolute Gasteiger partial charge is 0.373 e. The van der Waals surface area contributed by atoms with Crippen molar-refractivity contribution in [1.29, 1.82) is 0 Å². The Labute approximate surface area is 97.0 Å². The zero-order chi connectivity index (χ0) is 11.5. The van der Waals surface area contributed by atoms with Crippen LogP contribution in [0.15, 0.2) is 0 Å². The van der Waals surface area contributed by atoms with Crippen molar-refractivity contribution in [2.45, 2.75) is 45.8 Å². The molecule has 0 spiro atoms. The minimum Gasteiger partial charge on any atom is -0.373 e. The number of ether oxygens (including phenoxy) is 1. The van der Waals surface area contributed by atoms with Crippen LogP contribution >= 0.6 is 0 Å². The second-order valence-corrected chi connectivity index (χ2v) is 4.43. The van der Waals surface area contributed by atoms with E-state index in [0.717, 1.165) is 18.1 Å². The van der Waals surface area contributed by atoms with E-state index < -0.39 is 0 Å². The monoisotopic (exact) mass is 223 g/mol. The van der Waals surface area contributed by atoms with Crippen molar-refractivity contribution in [2.75, 3.05) is 11.9 Å². The summed E-state index contributed by atoms with van der Waals surface area (Å²) in [6.07, 6.45) is 4.23. The van der Waals surface area contributed by atoms with Crippen LogP contribution in [-0.2, 0) is 18.4 Å². The molecule has 4 heteroatoms. The van der Waals surface area contributed by atoms with Crippen LogP contribution in [0.25, 0.3) is 0 Å². The molecule has 0 unspecified atom stereocenters. The first-order valence-electron chi connectivity index (χ1n) is 6.10. The number of nitrogens with one attached hydrogen (secondary N) is 1. The van der Waals surface area contributed by atoms with Gasteiger partial charge in [-0.2, -0.15) is 5.10 Å². The number of hydrogen-bond donors (Lipinski definition) is 1. The quantitative estimate of drug-likeness (QED) is 0.832. The molecule has 1 aromatic heterocycles. The van der Waals surface area contributed by atoms with Crippen molar-refractivity contribution in [2.24, 2.45) is 7.05 Å². The van der Waals surface area contributed by atoms with Crippen LogP contribution in [0.1, 0.15) is 37.4 Å². The molecule has 0 bridgehead atoms. The number of rotatable bonds is 5. The van der Waals surface area contributed by atoms with Crippen LogP contribution in [0.2, 0.25) is 0 Å². The minimum atomic E-state index is 0.481. The minimum absolute atomic E-state index is 0.481. The van der Waals surface area contributed by atoms with Gasteiger partial charge in [0.05, 0.1) is 18.4 Å². The first-order chi connectivity index (χ1) is 7.72. The van der Waals surface area contributed by atoms with Gasteiger partial charge < -0.3 is 10.1 Å². The fourth-order valence-corrected chi connectivity index (χ4v) is 2.00. The van der Waals surface area contributed by atoms with Crippen LogP contribution in [0.5, 0.6) is 0 Å². The Kier molecular flexibility index (Phi) is 3.49. The molecule has 1 saturated carbocycles. The van der Waals surface area contributed by atoms with E-state index in [0.29, 0.717) is 12.7 Å². The van der Waals surface area contributed by atoms with Crippen LogP contribution in [0.3, 0.4) is 0 Å². The van der Waals surface area contributed by atoms with E-state index in [9.17, 15) is 0 Å². The van der Waals surface area contributed by atoms with Crippen molar-refractivity contribution in [3.05, 3.63) is 11.3 Å². The molecule has 1 fully saturated rings. The highest BCUT2D eigenvalue weighted by molar-refractivity contribution is 5.47. The van der Waals surface area contributed by atoms with Gasteiger partial charge in [-0.3, -0.25) is 4.68 Å². The van der Waals surface area contributed by atoms with E-state index in [2.05, 4.69) is 17.3 Å². The van der Waals surface area contributed by atoms with Gasteiger partial charge in [-0.05, 0) is 33.1 Å². The van der Waals surface area contributed by atoms with Crippen molar-refractivity contribution in [3.63, 3.8) is 0 Å². The first kappa shape index (κ1) is 11.5. The molecule has 1 heterocycles. The highest BCUT2D eigenvalue weighted by atomic mass is 16.5. The highest BCUT2D eigenvalue weighted by Gasteiger charge is 2.20. The summed E-state index contributed by atoms with van der Waals surface area (Å²) in [5.41, 5.74) is 2.27. The van der Waals surface area contributed by atoms with Gasteiger partial charge in [0.15, 0.2) is 0 Å². The van der Waals surface area contributed by atoms with Crippen LogP contribution in [0.4, 0.5) is 5.82 Å². The lowest BCUT2D eigenvalue weighted by Crippen LogP contribution is -2.21. The molecule has 4 nitrogen and oxygen atoms in total. The van der Waals surface area contributed by atoms with Gasteiger partial charge in [-0.1, -0.05) is 0 Å². The molecular formula is C12H21N3O. The van der Waals surface area contributed by atoms with E-state index in [1.54, 1.807) is 0 Å². The second-order valence-electron chi connectivity index (χ2n) is 4.43. The molecule has 0 radical (unpaired) electrons. The molecular weight excluding hydrogens is 202 g/mol. The average Bonchev–Trinajstić information content (AvgIpc) is 2.42. The number of aromatic nitrogens is 2. The predicted molar refractivity (Wildman–Crippen MR) is 64.5 cm³/mol. The van der Waals surface area contributed by atoms with E-state index in [1.807, 2.05) is 18.7 Å². The summed E-state index contributed by atoms with van der Waals surface area (Å²) in [5, 5.41) is 7.77. The van der Waals surface area contributed by atoms with Gasteiger partial charge in [0.1, 0.15) is 5.82 Å². The summed E-state index contributed by atoms with van der Waals surface area (Å²) in [6, 6.07) is 0. The summed E-state index contributed by atoms with van der Waals surface area (Å²) >= 11 is 0. The Morgan fingerprint density at radius 3 is 2.81 bits per heavy atom. The van der Waals surface area contributed by atoms with Crippen molar-refractivity contribution < 1.29 is 4.74 Å². The Morgan fingerprint density at radius 1 is 1.50 bits per heavy atom. The Balaban J connectivity index is 2.04. The van der Waals surface area contributed by atoms with Gasteiger partial charge in [0.25, 0.3) is 0 Å². The molecule has 0 aromatic carbocycles. The third-order valence-corrected chi connectivity index (χ3v) is 3.21. The SMILES string of the molecule is CCNc1c(COC2CCC2)c(C)nn1C. The fraction of sp³-hybridized carbons (Fsp3) is 0.750. The summed E-state index contributed by atoms with van der Waals surface area (Å²) in [6.45, 7) is 5.74. The molecule has 1 N–H and O–H groups in total. The van der Waals surface area contributed by atoms with Crippen molar-refractivity contribution in [3.8, 4) is 0 Å². The Hall–Kier alpha value is -1.03.